The van der Waals surface area contributed by atoms with Gasteiger partial charge in [-0.25, -0.2) is 0 Å². The third-order valence-corrected chi connectivity index (χ3v) is 3.97. The number of rotatable bonds is 5. The van der Waals surface area contributed by atoms with Crippen molar-refractivity contribution in [1.82, 2.24) is 4.90 Å². The van der Waals surface area contributed by atoms with Crippen LogP contribution in [-0.4, -0.2) is 29.1 Å². The highest BCUT2D eigenvalue weighted by molar-refractivity contribution is 8.93. The molecule has 0 spiro atoms. The molecule has 1 aromatic rings. The molecule has 0 fully saturated rings. The third kappa shape index (κ3) is 3.96. The van der Waals surface area contributed by atoms with Crippen molar-refractivity contribution < 1.29 is 5.11 Å². The first-order valence-electron chi connectivity index (χ1n) is 7.30. The molecule has 19 heavy (non-hydrogen) atoms. The van der Waals surface area contributed by atoms with E-state index in [0.29, 0.717) is 11.8 Å². The molecule has 108 valence electrons. The summed E-state index contributed by atoms with van der Waals surface area (Å²) in [6.07, 6.45) is 5.76. The van der Waals surface area contributed by atoms with Gasteiger partial charge in [0.05, 0.1) is 0 Å². The molecule has 2 nitrogen and oxygen atoms in total. The quantitative estimate of drug-likeness (QED) is 0.885. The lowest BCUT2D eigenvalue weighted by Crippen LogP contribution is -2.40. The second-order valence-corrected chi connectivity index (χ2v) is 5.35. The van der Waals surface area contributed by atoms with Gasteiger partial charge in [0.2, 0.25) is 0 Å². The van der Waals surface area contributed by atoms with E-state index in [-0.39, 0.29) is 17.0 Å². The van der Waals surface area contributed by atoms with Crippen molar-refractivity contribution in [2.75, 3.05) is 13.1 Å². The predicted octanol–water partition coefficient (Wildman–Crippen LogP) is 3.95. The summed E-state index contributed by atoms with van der Waals surface area (Å²) in [6, 6.07) is 6.63. The molecule has 0 radical (unpaired) electrons. The maximum Gasteiger partial charge on any atom is 0.119 e. The average molecular weight is 328 g/mol. The first-order chi connectivity index (χ1) is 8.76. The summed E-state index contributed by atoms with van der Waals surface area (Å²) in [5.41, 5.74) is 2.53. The van der Waals surface area contributed by atoms with Crippen LogP contribution in [0.1, 0.15) is 44.2 Å². The summed E-state index contributed by atoms with van der Waals surface area (Å²) >= 11 is 0. The molecule has 0 aromatic heterocycles. The van der Waals surface area contributed by atoms with Crippen molar-refractivity contribution in [3.8, 4) is 5.75 Å². The van der Waals surface area contributed by atoms with Gasteiger partial charge in [0, 0.05) is 6.04 Å². The zero-order chi connectivity index (χ0) is 13.0. The van der Waals surface area contributed by atoms with E-state index in [1.54, 1.807) is 0 Å². The van der Waals surface area contributed by atoms with Crippen LogP contribution in [0.3, 0.4) is 0 Å². The highest BCUT2D eigenvalue weighted by Crippen LogP contribution is 2.30. The van der Waals surface area contributed by atoms with Gasteiger partial charge in [-0.05, 0) is 62.4 Å². The van der Waals surface area contributed by atoms with Crippen LogP contribution in [0.2, 0.25) is 0 Å². The van der Waals surface area contributed by atoms with Crippen molar-refractivity contribution >= 4 is 17.0 Å². The molecule has 3 heteroatoms. The van der Waals surface area contributed by atoms with Crippen molar-refractivity contribution in [3.05, 3.63) is 29.3 Å². The lowest BCUT2D eigenvalue weighted by Gasteiger charge is -2.35. The minimum atomic E-state index is 0. The monoisotopic (exact) mass is 327 g/mol. The van der Waals surface area contributed by atoms with Gasteiger partial charge in [-0.1, -0.05) is 26.0 Å². The number of halogens is 1. The summed E-state index contributed by atoms with van der Waals surface area (Å²) in [5, 5.41) is 9.87. The molecule has 0 unspecified atom stereocenters. The number of hydrogen-bond donors (Lipinski definition) is 1. The van der Waals surface area contributed by atoms with E-state index in [2.05, 4.69) is 24.8 Å². The molecule has 0 aliphatic heterocycles. The molecule has 0 heterocycles. The molecule has 0 saturated heterocycles. The molecular weight excluding hydrogens is 302 g/mol. The minimum absolute atomic E-state index is 0. The van der Waals surface area contributed by atoms with Crippen molar-refractivity contribution in [1.29, 1.82) is 0 Å². The molecular formula is C16H26BrNO. The fourth-order valence-electron chi connectivity index (χ4n) is 3.13. The summed E-state index contributed by atoms with van der Waals surface area (Å²) in [5.74, 6) is 0.489. The number of aromatic hydroxyl groups is 1. The fourth-order valence-corrected chi connectivity index (χ4v) is 3.13. The maximum atomic E-state index is 9.87. The van der Waals surface area contributed by atoms with Gasteiger partial charge in [-0.3, -0.25) is 0 Å². The first-order valence-corrected chi connectivity index (χ1v) is 7.30. The number of nitrogens with zero attached hydrogens (tertiary/aromatic N) is 1. The normalized spacial score (nSPS) is 17.9. The molecule has 0 bridgehead atoms. The van der Waals surface area contributed by atoms with Crippen LogP contribution in [0.25, 0.3) is 0 Å². The molecule has 1 atom stereocenters. The van der Waals surface area contributed by atoms with Gasteiger partial charge < -0.3 is 10.0 Å². The summed E-state index contributed by atoms with van der Waals surface area (Å²) in [7, 11) is 0. The second kappa shape index (κ2) is 7.91. The summed E-state index contributed by atoms with van der Waals surface area (Å²) in [6.45, 7) is 6.91. The minimum Gasteiger partial charge on any atom is -0.508 e. The third-order valence-electron chi connectivity index (χ3n) is 3.97. The highest BCUT2D eigenvalue weighted by Gasteiger charge is 2.24. The van der Waals surface area contributed by atoms with Crippen LogP contribution in [0.5, 0.6) is 5.75 Å². The van der Waals surface area contributed by atoms with E-state index < -0.39 is 0 Å². The Labute approximate surface area is 127 Å². The lowest BCUT2D eigenvalue weighted by atomic mass is 9.86. The van der Waals surface area contributed by atoms with Gasteiger partial charge in [-0.15, -0.1) is 17.0 Å². The Morgan fingerprint density at radius 1 is 1.21 bits per heavy atom. The topological polar surface area (TPSA) is 23.5 Å². The van der Waals surface area contributed by atoms with E-state index in [1.165, 1.54) is 43.5 Å². The number of phenolic OH excluding ortho intramolecular Hbond substituents is 1. The lowest BCUT2D eigenvalue weighted by molar-refractivity contribution is 0.179. The second-order valence-electron chi connectivity index (χ2n) is 5.35. The van der Waals surface area contributed by atoms with Crippen LogP contribution in [0.4, 0.5) is 0 Å². The molecule has 1 aromatic carbocycles. The first kappa shape index (κ1) is 16.5. The smallest absolute Gasteiger partial charge is 0.119 e. The SMILES string of the molecule is Br.CCCN(CCC)[C@H]1CCc2c(O)cccc2C1. The molecule has 0 amide bonds. The number of fused-ring (bicyclic) bond motifs is 1. The Morgan fingerprint density at radius 2 is 1.89 bits per heavy atom. The standard InChI is InChI=1S/C16H25NO.BrH/c1-3-10-17(11-4-2)14-8-9-15-13(12-14)6-5-7-16(15)18;/h5-7,14,18H,3-4,8-12H2,1-2H3;1H/t14-;/m0./s1. The van der Waals surface area contributed by atoms with Crippen LogP contribution < -0.4 is 0 Å². The van der Waals surface area contributed by atoms with E-state index >= 15 is 0 Å². The Morgan fingerprint density at radius 3 is 2.53 bits per heavy atom. The number of phenols is 1. The molecule has 1 aliphatic carbocycles. The Kier molecular flexibility index (Phi) is 6.87. The van der Waals surface area contributed by atoms with Gasteiger partial charge in [0.1, 0.15) is 5.75 Å². The molecule has 0 saturated carbocycles. The van der Waals surface area contributed by atoms with Crippen LogP contribution in [0.15, 0.2) is 18.2 Å². The molecule has 1 aliphatic rings. The fraction of sp³-hybridized carbons (Fsp3) is 0.625. The highest BCUT2D eigenvalue weighted by atomic mass is 79.9. The zero-order valence-electron chi connectivity index (χ0n) is 12.1. The van der Waals surface area contributed by atoms with E-state index in [4.69, 9.17) is 0 Å². The largest absolute Gasteiger partial charge is 0.508 e. The summed E-state index contributed by atoms with van der Waals surface area (Å²) < 4.78 is 0. The maximum absolute atomic E-state index is 9.87. The van der Waals surface area contributed by atoms with Gasteiger partial charge in [0.25, 0.3) is 0 Å². The Hall–Kier alpha value is -0.540. The van der Waals surface area contributed by atoms with E-state index in [1.807, 2.05) is 12.1 Å². The van der Waals surface area contributed by atoms with Crippen molar-refractivity contribution in [3.63, 3.8) is 0 Å². The van der Waals surface area contributed by atoms with Crippen LogP contribution >= 0.6 is 17.0 Å². The zero-order valence-corrected chi connectivity index (χ0v) is 13.8. The van der Waals surface area contributed by atoms with Gasteiger partial charge in [-0.2, -0.15) is 0 Å². The number of benzene rings is 1. The van der Waals surface area contributed by atoms with Crippen LogP contribution in [0, 0.1) is 0 Å². The number of hydrogen-bond acceptors (Lipinski definition) is 2. The Balaban J connectivity index is 0.00000180. The van der Waals surface area contributed by atoms with E-state index in [0.717, 1.165) is 12.8 Å². The van der Waals surface area contributed by atoms with E-state index in [9.17, 15) is 5.11 Å². The summed E-state index contributed by atoms with van der Waals surface area (Å²) in [4.78, 5) is 2.63. The van der Waals surface area contributed by atoms with Gasteiger partial charge >= 0.3 is 0 Å². The molecule has 1 N–H and O–H groups in total. The molecule has 2 rings (SSSR count). The Bertz CT molecular complexity index is 388. The predicted molar refractivity (Wildman–Crippen MR) is 86.4 cm³/mol. The van der Waals surface area contributed by atoms with Gasteiger partial charge in [0.15, 0.2) is 0 Å². The van der Waals surface area contributed by atoms with Crippen molar-refractivity contribution in [2.45, 2.75) is 52.0 Å². The average Bonchev–Trinajstić information content (AvgIpc) is 2.38. The van der Waals surface area contributed by atoms with Crippen molar-refractivity contribution in [2.24, 2.45) is 0 Å². The van der Waals surface area contributed by atoms with Crippen LogP contribution in [-0.2, 0) is 12.8 Å².